The zero-order valence-electron chi connectivity index (χ0n) is 11.3. The summed E-state index contributed by atoms with van der Waals surface area (Å²) in [5.41, 5.74) is 1.37. The van der Waals surface area contributed by atoms with E-state index in [-0.39, 0.29) is 0 Å². The minimum Gasteiger partial charge on any atom is -0.370 e. The lowest BCUT2D eigenvalue weighted by atomic mass is 10.1. The van der Waals surface area contributed by atoms with Gasteiger partial charge in [0.25, 0.3) is 0 Å². The van der Waals surface area contributed by atoms with E-state index in [0.717, 1.165) is 31.0 Å². The Hall–Kier alpha value is -1.61. The van der Waals surface area contributed by atoms with Crippen molar-refractivity contribution in [2.45, 2.75) is 31.6 Å². The van der Waals surface area contributed by atoms with Crippen LogP contribution < -0.4 is 5.32 Å². The second kappa shape index (κ2) is 6.23. The van der Waals surface area contributed by atoms with Crippen LogP contribution in [0.3, 0.4) is 0 Å². The molecule has 1 heterocycles. The van der Waals surface area contributed by atoms with Crippen LogP contribution in [0.2, 0.25) is 5.15 Å². The standard InChI is InChI=1S/C16H18ClN3/c17-14-11-15(20-16(19-14)13-8-9-13)18-10-4-7-12-5-2-1-3-6-12/h1-3,5-6,11,13H,4,7-10H2,(H,18,19,20). The molecule has 0 amide bonds. The summed E-state index contributed by atoms with van der Waals surface area (Å²) in [6.07, 6.45) is 4.52. The molecule has 0 saturated heterocycles. The van der Waals surface area contributed by atoms with Gasteiger partial charge in [0.15, 0.2) is 0 Å². The molecule has 1 aliphatic rings. The molecule has 1 saturated carbocycles. The van der Waals surface area contributed by atoms with Crippen molar-refractivity contribution in [1.82, 2.24) is 9.97 Å². The second-order valence-electron chi connectivity index (χ2n) is 5.22. The van der Waals surface area contributed by atoms with Gasteiger partial charge in [-0.2, -0.15) is 0 Å². The van der Waals surface area contributed by atoms with Gasteiger partial charge >= 0.3 is 0 Å². The quantitative estimate of drug-likeness (QED) is 0.643. The van der Waals surface area contributed by atoms with Gasteiger partial charge < -0.3 is 5.32 Å². The molecule has 1 aromatic carbocycles. The van der Waals surface area contributed by atoms with Crippen LogP contribution >= 0.6 is 11.6 Å². The predicted octanol–water partition coefficient (Wildman–Crippen LogP) is 4.05. The topological polar surface area (TPSA) is 37.8 Å². The molecule has 4 heteroatoms. The van der Waals surface area contributed by atoms with Crippen LogP contribution in [-0.2, 0) is 6.42 Å². The highest BCUT2D eigenvalue weighted by molar-refractivity contribution is 6.29. The number of anilines is 1. The first-order valence-corrected chi connectivity index (χ1v) is 7.51. The summed E-state index contributed by atoms with van der Waals surface area (Å²) in [5, 5.41) is 3.88. The third kappa shape index (κ3) is 3.70. The number of aromatic nitrogens is 2. The van der Waals surface area contributed by atoms with Gasteiger partial charge in [-0.1, -0.05) is 41.9 Å². The Balaban J connectivity index is 1.51. The van der Waals surface area contributed by atoms with Crippen molar-refractivity contribution in [3.8, 4) is 0 Å². The van der Waals surface area contributed by atoms with Crippen molar-refractivity contribution in [2.75, 3.05) is 11.9 Å². The number of hydrogen-bond acceptors (Lipinski definition) is 3. The van der Waals surface area contributed by atoms with E-state index >= 15 is 0 Å². The average molecular weight is 288 g/mol. The van der Waals surface area contributed by atoms with Crippen molar-refractivity contribution >= 4 is 17.4 Å². The van der Waals surface area contributed by atoms with Crippen molar-refractivity contribution < 1.29 is 0 Å². The first-order valence-electron chi connectivity index (χ1n) is 7.13. The monoisotopic (exact) mass is 287 g/mol. The van der Waals surface area contributed by atoms with Gasteiger partial charge in [0.05, 0.1) is 0 Å². The lowest BCUT2D eigenvalue weighted by molar-refractivity contribution is 0.850. The Morgan fingerprint density at radius 2 is 1.95 bits per heavy atom. The van der Waals surface area contributed by atoms with Crippen LogP contribution in [0.5, 0.6) is 0 Å². The maximum atomic E-state index is 6.04. The number of nitrogens with one attached hydrogen (secondary N) is 1. The van der Waals surface area contributed by atoms with E-state index in [4.69, 9.17) is 11.6 Å². The Morgan fingerprint density at radius 1 is 1.15 bits per heavy atom. The van der Waals surface area contributed by atoms with Gasteiger partial charge in [0.2, 0.25) is 0 Å². The van der Waals surface area contributed by atoms with E-state index in [0.29, 0.717) is 11.1 Å². The molecular weight excluding hydrogens is 270 g/mol. The molecule has 104 valence electrons. The van der Waals surface area contributed by atoms with Crippen molar-refractivity contribution in [3.05, 3.63) is 52.9 Å². The molecule has 0 radical (unpaired) electrons. The summed E-state index contributed by atoms with van der Waals surface area (Å²) in [4.78, 5) is 8.82. The SMILES string of the molecule is Clc1cc(NCCCc2ccccc2)nc(C2CC2)n1. The molecule has 3 nitrogen and oxygen atoms in total. The molecule has 0 atom stereocenters. The fraction of sp³-hybridized carbons (Fsp3) is 0.375. The van der Waals surface area contributed by atoms with E-state index < -0.39 is 0 Å². The fourth-order valence-electron chi connectivity index (χ4n) is 2.20. The number of nitrogens with zero attached hydrogens (tertiary/aromatic N) is 2. The number of halogens is 1. The lowest BCUT2D eigenvalue weighted by Crippen LogP contribution is -2.06. The smallest absolute Gasteiger partial charge is 0.135 e. The molecular formula is C16H18ClN3. The van der Waals surface area contributed by atoms with Gasteiger partial charge in [0.1, 0.15) is 16.8 Å². The molecule has 1 aliphatic carbocycles. The Labute approximate surface area is 124 Å². The van der Waals surface area contributed by atoms with E-state index in [2.05, 4.69) is 39.6 Å². The molecule has 0 spiro atoms. The Bertz CT molecular complexity index is 567. The largest absolute Gasteiger partial charge is 0.370 e. The number of aryl methyl sites for hydroxylation is 1. The maximum Gasteiger partial charge on any atom is 0.135 e. The zero-order chi connectivity index (χ0) is 13.8. The van der Waals surface area contributed by atoms with Gasteiger partial charge in [0, 0.05) is 18.5 Å². The highest BCUT2D eigenvalue weighted by Crippen LogP contribution is 2.38. The summed E-state index contributed by atoms with van der Waals surface area (Å²) < 4.78 is 0. The average Bonchev–Trinajstić information content (AvgIpc) is 3.29. The molecule has 3 rings (SSSR count). The van der Waals surface area contributed by atoms with Crippen LogP contribution in [0.4, 0.5) is 5.82 Å². The van der Waals surface area contributed by atoms with Gasteiger partial charge in [-0.25, -0.2) is 9.97 Å². The van der Waals surface area contributed by atoms with Crippen LogP contribution in [0.25, 0.3) is 0 Å². The van der Waals surface area contributed by atoms with E-state index in [9.17, 15) is 0 Å². The molecule has 2 aromatic rings. The molecule has 0 bridgehead atoms. The molecule has 20 heavy (non-hydrogen) atoms. The molecule has 0 unspecified atom stereocenters. The highest BCUT2D eigenvalue weighted by Gasteiger charge is 2.27. The van der Waals surface area contributed by atoms with Crippen molar-refractivity contribution in [3.63, 3.8) is 0 Å². The van der Waals surface area contributed by atoms with E-state index in [1.807, 2.05) is 6.07 Å². The highest BCUT2D eigenvalue weighted by atomic mass is 35.5. The maximum absolute atomic E-state index is 6.04. The Kier molecular flexibility index (Phi) is 4.16. The zero-order valence-corrected chi connectivity index (χ0v) is 12.1. The minimum atomic E-state index is 0.526. The summed E-state index contributed by atoms with van der Waals surface area (Å²) in [5.74, 6) is 2.27. The third-order valence-corrected chi connectivity index (χ3v) is 3.64. The van der Waals surface area contributed by atoms with Crippen LogP contribution in [-0.4, -0.2) is 16.5 Å². The molecule has 1 fully saturated rings. The predicted molar refractivity (Wildman–Crippen MR) is 82.3 cm³/mol. The van der Waals surface area contributed by atoms with Gasteiger partial charge in [-0.15, -0.1) is 0 Å². The molecule has 1 aromatic heterocycles. The first-order chi connectivity index (χ1) is 9.81. The summed E-state index contributed by atoms with van der Waals surface area (Å²) in [7, 11) is 0. The lowest BCUT2D eigenvalue weighted by Gasteiger charge is -2.07. The number of hydrogen-bond donors (Lipinski definition) is 1. The minimum absolute atomic E-state index is 0.526. The molecule has 1 N–H and O–H groups in total. The number of benzene rings is 1. The second-order valence-corrected chi connectivity index (χ2v) is 5.61. The Morgan fingerprint density at radius 3 is 2.70 bits per heavy atom. The van der Waals surface area contributed by atoms with Crippen molar-refractivity contribution in [2.24, 2.45) is 0 Å². The summed E-state index contributed by atoms with van der Waals surface area (Å²) in [6.45, 7) is 0.895. The summed E-state index contributed by atoms with van der Waals surface area (Å²) >= 11 is 6.04. The number of rotatable bonds is 6. The summed E-state index contributed by atoms with van der Waals surface area (Å²) in [6, 6.07) is 12.3. The molecule has 0 aliphatic heterocycles. The van der Waals surface area contributed by atoms with Crippen LogP contribution in [0.15, 0.2) is 36.4 Å². The third-order valence-electron chi connectivity index (χ3n) is 3.45. The van der Waals surface area contributed by atoms with Crippen molar-refractivity contribution in [1.29, 1.82) is 0 Å². The van der Waals surface area contributed by atoms with Gasteiger partial charge in [-0.3, -0.25) is 0 Å². The normalized spacial score (nSPS) is 14.2. The first kappa shape index (κ1) is 13.4. The van der Waals surface area contributed by atoms with Gasteiger partial charge in [-0.05, 0) is 31.2 Å². The van der Waals surface area contributed by atoms with Crippen LogP contribution in [0, 0.1) is 0 Å². The van der Waals surface area contributed by atoms with E-state index in [1.165, 1.54) is 18.4 Å². The van der Waals surface area contributed by atoms with Crippen LogP contribution in [0.1, 0.15) is 36.6 Å². The fourth-order valence-corrected chi connectivity index (χ4v) is 2.39. The van der Waals surface area contributed by atoms with E-state index in [1.54, 1.807) is 6.07 Å².